The molecule has 34 heavy (non-hydrogen) atoms. The fourth-order valence-electron chi connectivity index (χ4n) is 4.94. The number of nitrogens with zero attached hydrogens (tertiary/aromatic N) is 2. The Bertz CT molecular complexity index is 1020. The van der Waals surface area contributed by atoms with Gasteiger partial charge in [-0.05, 0) is 44.1 Å². The molecule has 4 nitrogen and oxygen atoms in total. The van der Waals surface area contributed by atoms with E-state index in [2.05, 4.69) is 61.2 Å². The average molecular weight is 457 g/mol. The van der Waals surface area contributed by atoms with Gasteiger partial charge in [0.05, 0.1) is 18.6 Å². The quantitative estimate of drug-likeness (QED) is 0.423. The molecule has 4 rings (SSSR count). The highest BCUT2D eigenvalue weighted by Crippen LogP contribution is 2.41. The molecule has 0 amide bonds. The summed E-state index contributed by atoms with van der Waals surface area (Å²) in [6.07, 6.45) is 0.693. The Labute approximate surface area is 204 Å². The molecule has 0 aromatic heterocycles. The van der Waals surface area contributed by atoms with Gasteiger partial charge >= 0.3 is 0 Å². The molecule has 0 spiro atoms. The summed E-state index contributed by atoms with van der Waals surface area (Å²) >= 11 is 0. The van der Waals surface area contributed by atoms with E-state index in [4.69, 9.17) is 4.74 Å². The van der Waals surface area contributed by atoms with Crippen molar-refractivity contribution in [3.63, 3.8) is 0 Å². The summed E-state index contributed by atoms with van der Waals surface area (Å²) in [6.45, 7) is 6.23. The van der Waals surface area contributed by atoms with Crippen LogP contribution in [0, 0.1) is 0 Å². The van der Waals surface area contributed by atoms with Crippen molar-refractivity contribution in [2.45, 2.75) is 31.3 Å². The highest BCUT2D eigenvalue weighted by atomic mass is 16.5. The summed E-state index contributed by atoms with van der Waals surface area (Å²) in [7, 11) is 4.17. The van der Waals surface area contributed by atoms with Gasteiger partial charge in [0.15, 0.2) is 5.78 Å². The lowest BCUT2D eigenvalue weighted by atomic mass is 9.65. The molecule has 1 heterocycles. The summed E-state index contributed by atoms with van der Waals surface area (Å²) in [4.78, 5) is 19.4. The fourth-order valence-corrected chi connectivity index (χ4v) is 4.94. The van der Waals surface area contributed by atoms with Crippen molar-refractivity contribution in [2.75, 3.05) is 40.4 Å². The summed E-state index contributed by atoms with van der Waals surface area (Å²) < 4.78 is 5.54. The number of carbonyl (C=O) groups excluding carboxylic acids is 1. The Morgan fingerprint density at radius 1 is 0.882 bits per heavy atom. The average Bonchev–Trinajstić information content (AvgIpc) is 2.88. The number of benzene rings is 3. The molecule has 3 aromatic rings. The standard InChI is InChI=1S/C30H36N2O2/c1-24(31(2)3)22-30(26-13-6-4-7-14-26,27-15-8-5-9-16-27)29(33)28-17-11-10-12-25(28)23-32-18-20-34-21-19-32/h4-17,24H,18-23H2,1-3H3. The number of rotatable bonds is 9. The van der Waals surface area contributed by atoms with Gasteiger partial charge in [-0.1, -0.05) is 84.9 Å². The maximum atomic E-state index is 14.8. The lowest BCUT2D eigenvalue weighted by Gasteiger charge is -2.38. The molecular formula is C30H36N2O2. The monoisotopic (exact) mass is 456 g/mol. The molecule has 178 valence electrons. The first-order valence-corrected chi connectivity index (χ1v) is 12.2. The van der Waals surface area contributed by atoms with Crippen LogP contribution in [0.1, 0.15) is 40.4 Å². The van der Waals surface area contributed by atoms with E-state index >= 15 is 0 Å². The molecule has 0 saturated carbocycles. The third-order valence-electron chi connectivity index (χ3n) is 7.16. The van der Waals surface area contributed by atoms with E-state index in [0.717, 1.165) is 55.1 Å². The van der Waals surface area contributed by atoms with Gasteiger partial charge in [0.25, 0.3) is 0 Å². The van der Waals surface area contributed by atoms with Crippen LogP contribution in [0.15, 0.2) is 84.9 Å². The minimum absolute atomic E-state index is 0.169. The maximum absolute atomic E-state index is 14.8. The van der Waals surface area contributed by atoms with Gasteiger partial charge in [0, 0.05) is 31.2 Å². The molecule has 3 aromatic carbocycles. The van der Waals surface area contributed by atoms with Crippen LogP contribution in [-0.4, -0.2) is 62.0 Å². The van der Waals surface area contributed by atoms with Crippen LogP contribution < -0.4 is 0 Å². The predicted molar refractivity (Wildman–Crippen MR) is 138 cm³/mol. The number of Topliss-reactive ketones (excluding diaryl/α,β-unsaturated/α-hetero) is 1. The third kappa shape index (κ3) is 5.15. The first-order chi connectivity index (χ1) is 16.5. The number of morpholine rings is 1. The number of hydrogen-bond donors (Lipinski definition) is 0. The predicted octanol–water partition coefficient (Wildman–Crippen LogP) is 5.03. The van der Waals surface area contributed by atoms with Crippen LogP contribution in [0.2, 0.25) is 0 Å². The molecule has 1 atom stereocenters. The summed E-state index contributed by atoms with van der Waals surface area (Å²) in [6, 6.07) is 29.0. The molecule has 0 radical (unpaired) electrons. The zero-order valence-electron chi connectivity index (χ0n) is 20.6. The van der Waals surface area contributed by atoms with Gasteiger partial charge < -0.3 is 9.64 Å². The minimum Gasteiger partial charge on any atom is -0.379 e. The molecule has 0 N–H and O–H groups in total. The largest absolute Gasteiger partial charge is 0.379 e. The zero-order valence-corrected chi connectivity index (χ0v) is 20.6. The molecule has 1 saturated heterocycles. The Kier molecular flexibility index (Phi) is 7.94. The van der Waals surface area contributed by atoms with E-state index in [1.54, 1.807) is 0 Å². The Morgan fingerprint density at radius 3 is 1.97 bits per heavy atom. The maximum Gasteiger partial charge on any atom is 0.178 e. The highest BCUT2D eigenvalue weighted by molar-refractivity contribution is 6.07. The van der Waals surface area contributed by atoms with E-state index in [-0.39, 0.29) is 11.8 Å². The summed E-state index contributed by atoms with van der Waals surface area (Å²) in [5.41, 5.74) is 3.20. The normalized spacial score (nSPS) is 15.9. The number of ether oxygens (including phenoxy) is 1. The van der Waals surface area contributed by atoms with Crippen molar-refractivity contribution in [1.82, 2.24) is 9.80 Å². The van der Waals surface area contributed by atoms with Gasteiger partial charge in [-0.2, -0.15) is 0 Å². The topological polar surface area (TPSA) is 32.8 Å². The molecule has 1 fully saturated rings. The van der Waals surface area contributed by atoms with Crippen molar-refractivity contribution in [3.8, 4) is 0 Å². The second kappa shape index (κ2) is 11.1. The van der Waals surface area contributed by atoms with Crippen LogP contribution in [0.4, 0.5) is 0 Å². The highest BCUT2D eigenvalue weighted by Gasteiger charge is 2.44. The number of ketones is 1. The van der Waals surface area contributed by atoms with Crippen LogP contribution in [0.3, 0.4) is 0 Å². The van der Waals surface area contributed by atoms with E-state index < -0.39 is 5.41 Å². The van der Waals surface area contributed by atoms with Gasteiger partial charge in [-0.25, -0.2) is 0 Å². The van der Waals surface area contributed by atoms with Crippen LogP contribution >= 0.6 is 0 Å². The van der Waals surface area contributed by atoms with Crippen molar-refractivity contribution < 1.29 is 9.53 Å². The zero-order chi connectivity index (χ0) is 24.0. The minimum atomic E-state index is -0.784. The van der Waals surface area contributed by atoms with Crippen LogP contribution in [0.25, 0.3) is 0 Å². The molecule has 1 unspecified atom stereocenters. The molecule has 1 aliphatic heterocycles. The smallest absolute Gasteiger partial charge is 0.178 e. The van der Waals surface area contributed by atoms with Crippen molar-refractivity contribution in [2.24, 2.45) is 0 Å². The summed E-state index contributed by atoms with van der Waals surface area (Å²) in [5, 5.41) is 0. The van der Waals surface area contributed by atoms with Crippen LogP contribution in [-0.2, 0) is 16.7 Å². The van der Waals surface area contributed by atoms with Gasteiger partial charge in [-0.3, -0.25) is 9.69 Å². The van der Waals surface area contributed by atoms with Crippen molar-refractivity contribution in [1.29, 1.82) is 0 Å². The van der Waals surface area contributed by atoms with E-state index in [9.17, 15) is 4.79 Å². The lowest BCUT2D eigenvalue weighted by Crippen LogP contribution is -2.44. The van der Waals surface area contributed by atoms with Crippen LogP contribution in [0.5, 0.6) is 0 Å². The van der Waals surface area contributed by atoms with Gasteiger partial charge in [0.1, 0.15) is 0 Å². The van der Waals surface area contributed by atoms with E-state index in [1.807, 2.05) is 54.6 Å². The van der Waals surface area contributed by atoms with Crippen molar-refractivity contribution in [3.05, 3.63) is 107 Å². The Balaban J connectivity index is 1.86. The van der Waals surface area contributed by atoms with E-state index in [0.29, 0.717) is 6.42 Å². The molecule has 0 bridgehead atoms. The molecule has 0 aliphatic carbocycles. The third-order valence-corrected chi connectivity index (χ3v) is 7.16. The van der Waals surface area contributed by atoms with Gasteiger partial charge in [-0.15, -0.1) is 0 Å². The lowest BCUT2D eigenvalue weighted by molar-refractivity contribution is 0.0340. The second-order valence-electron chi connectivity index (χ2n) is 9.53. The SMILES string of the molecule is CC(CC(C(=O)c1ccccc1CN1CCOCC1)(c1ccccc1)c1ccccc1)N(C)C. The van der Waals surface area contributed by atoms with E-state index in [1.165, 1.54) is 0 Å². The molecule has 1 aliphatic rings. The van der Waals surface area contributed by atoms with Crippen molar-refractivity contribution >= 4 is 5.78 Å². The Hall–Kier alpha value is -2.79. The molecular weight excluding hydrogens is 420 g/mol. The molecule has 4 heteroatoms. The number of hydrogen-bond acceptors (Lipinski definition) is 4. The first-order valence-electron chi connectivity index (χ1n) is 12.2. The second-order valence-corrected chi connectivity index (χ2v) is 9.53. The number of carbonyl (C=O) groups is 1. The Morgan fingerprint density at radius 2 is 1.41 bits per heavy atom. The summed E-state index contributed by atoms with van der Waals surface area (Å²) in [5.74, 6) is 0.169. The first kappa shape index (κ1) is 24.3. The fraction of sp³-hybridized carbons (Fsp3) is 0.367. The van der Waals surface area contributed by atoms with Gasteiger partial charge in [0.2, 0.25) is 0 Å².